The highest BCUT2D eigenvalue weighted by Gasteiger charge is 2.22. The number of thioether (sulfide) groups is 1. The zero-order valence-corrected chi connectivity index (χ0v) is 15.4. The van der Waals surface area contributed by atoms with Gasteiger partial charge in [0.15, 0.2) is 5.16 Å². The summed E-state index contributed by atoms with van der Waals surface area (Å²) in [7, 11) is 1.70. The molecule has 0 radical (unpaired) electrons. The molecule has 6 heteroatoms. The Morgan fingerprint density at radius 1 is 1.33 bits per heavy atom. The summed E-state index contributed by atoms with van der Waals surface area (Å²) in [5.41, 5.74) is 5.46. The van der Waals surface area contributed by atoms with Crippen LogP contribution in [0.3, 0.4) is 0 Å². The molecule has 1 aromatic heterocycles. The second-order valence-corrected chi connectivity index (χ2v) is 6.93. The number of aromatic amines is 1. The lowest BCUT2D eigenvalue weighted by Crippen LogP contribution is -2.35. The van der Waals surface area contributed by atoms with Gasteiger partial charge in [0, 0.05) is 26.1 Å². The van der Waals surface area contributed by atoms with E-state index in [0.29, 0.717) is 11.7 Å². The molecule has 0 saturated heterocycles. The van der Waals surface area contributed by atoms with Crippen molar-refractivity contribution >= 4 is 11.8 Å². The molecule has 0 spiro atoms. The molecule has 0 bridgehead atoms. The van der Waals surface area contributed by atoms with Crippen molar-refractivity contribution in [1.82, 2.24) is 14.9 Å². The molecule has 24 heavy (non-hydrogen) atoms. The Morgan fingerprint density at radius 3 is 2.83 bits per heavy atom. The number of ether oxygens (including phenoxy) is 1. The van der Waals surface area contributed by atoms with Crippen molar-refractivity contribution in [2.45, 2.75) is 38.5 Å². The number of rotatable bonds is 4. The number of hydrogen-bond acceptors (Lipinski definition) is 5. The van der Waals surface area contributed by atoms with E-state index in [2.05, 4.69) is 34.8 Å². The van der Waals surface area contributed by atoms with Crippen LogP contribution in [0.2, 0.25) is 0 Å². The van der Waals surface area contributed by atoms with E-state index in [4.69, 9.17) is 4.74 Å². The molecule has 3 rings (SSSR count). The first-order valence-electron chi connectivity index (χ1n) is 8.05. The first-order chi connectivity index (χ1) is 11.5. The maximum Gasteiger partial charge on any atom is 0.256 e. The normalized spacial score (nSPS) is 14.5. The Kier molecular flexibility index (Phi) is 4.96. The quantitative estimate of drug-likeness (QED) is 0.682. The third-order valence-electron chi connectivity index (χ3n) is 4.78. The molecule has 0 aliphatic carbocycles. The summed E-state index contributed by atoms with van der Waals surface area (Å²) < 4.78 is 5.39. The Morgan fingerprint density at radius 2 is 2.12 bits per heavy atom. The highest BCUT2D eigenvalue weighted by atomic mass is 32.2. The molecule has 128 valence electrons. The zero-order valence-electron chi connectivity index (χ0n) is 14.6. The van der Waals surface area contributed by atoms with Gasteiger partial charge in [0.2, 0.25) is 0 Å². The van der Waals surface area contributed by atoms with E-state index >= 15 is 0 Å². The summed E-state index contributed by atoms with van der Waals surface area (Å²) in [5, 5.41) is 0.703. The molecular weight excluding hydrogens is 322 g/mol. The molecule has 0 atom stereocenters. The molecule has 0 saturated carbocycles. The first kappa shape index (κ1) is 17.0. The number of benzene rings is 1. The molecule has 0 fully saturated rings. The summed E-state index contributed by atoms with van der Waals surface area (Å²) in [6, 6.07) is 4.14. The average Bonchev–Trinajstić information content (AvgIpc) is 2.59. The topological polar surface area (TPSA) is 58.2 Å². The van der Waals surface area contributed by atoms with E-state index in [-0.39, 0.29) is 5.56 Å². The Bertz CT molecular complexity index is 817. The van der Waals surface area contributed by atoms with Crippen molar-refractivity contribution in [3.8, 4) is 5.75 Å². The molecular formula is C18H23N3O2S. The van der Waals surface area contributed by atoms with Crippen molar-refractivity contribution in [2.24, 2.45) is 0 Å². The van der Waals surface area contributed by atoms with Gasteiger partial charge in [0.05, 0.1) is 18.4 Å². The monoisotopic (exact) mass is 345 g/mol. The van der Waals surface area contributed by atoms with Gasteiger partial charge in [-0.25, -0.2) is 4.98 Å². The fourth-order valence-corrected chi connectivity index (χ4v) is 3.57. The molecule has 5 nitrogen and oxygen atoms in total. The van der Waals surface area contributed by atoms with E-state index in [0.717, 1.165) is 36.5 Å². The maximum absolute atomic E-state index is 12.3. The molecule has 1 aliphatic rings. The molecule has 1 aromatic carbocycles. The Labute approximate surface area is 146 Å². The van der Waals surface area contributed by atoms with Gasteiger partial charge in [-0.05, 0) is 42.9 Å². The summed E-state index contributed by atoms with van der Waals surface area (Å²) >= 11 is 1.47. The van der Waals surface area contributed by atoms with Crippen LogP contribution in [-0.2, 0) is 19.5 Å². The van der Waals surface area contributed by atoms with Crippen LogP contribution < -0.4 is 10.3 Å². The van der Waals surface area contributed by atoms with Crippen LogP contribution in [0.4, 0.5) is 0 Å². The first-order valence-corrected chi connectivity index (χ1v) is 9.27. The van der Waals surface area contributed by atoms with Crippen molar-refractivity contribution in [3.05, 3.63) is 50.4 Å². The average molecular weight is 345 g/mol. The maximum atomic E-state index is 12.3. The number of aromatic nitrogens is 2. The van der Waals surface area contributed by atoms with Crippen LogP contribution in [0.25, 0.3) is 0 Å². The van der Waals surface area contributed by atoms with Gasteiger partial charge in [0.1, 0.15) is 5.75 Å². The van der Waals surface area contributed by atoms with Crippen molar-refractivity contribution in [1.29, 1.82) is 0 Å². The van der Waals surface area contributed by atoms with E-state index in [1.165, 1.54) is 28.5 Å². The number of hydrogen-bond donors (Lipinski definition) is 1. The minimum Gasteiger partial charge on any atom is -0.496 e. The number of H-pyrrole nitrogens is 1. The molecule has 0 amide bonds. The SMILES string of the molecule is COc1ccc(CN2CCc3nc(SC)[nH]c(=O)c3C2)c(C)c1C. The van der Waals surface area contributed by atoms with Crippen LogP contribution >= 0.6 is 11.8 Å². The second kappa shape index (κ2) is 6.99. The van der Waals surface area contributed by atoms with E-state index in [1.807, 2.05) is 12.3 Å². The fourth-order valence-electron chi connectivity index (χ4n) is 3.18. The van der Waals surface area contributed by atoms with E-state index in [1.54, 1.807) is 7.11 Å². The lowest BCUT2D eigenvalue weighted by molar-refractivity contribution is 0.240. The molecule has 2 heterocycles. The largest absolute Gasteiger partial charge is 0.496 e. The lowest BCUT2D eigenvalue weighted by Gasteiger charge is -2.28. The second-order valence-electron chi connectivity index (χ2n) is 6.14. The standard InChI is InChI=1S/C18H23N3O2S/c1-11-12(2)16(23-3)6-5-13(11)9-21-8-7-15-14(10-21)17(22)20-18(19-15)24-4/h5-6H,7-10H2,1-4H3,(H,19,20,22). The van der Waals surface area contributed by atoms with Gasteiger partial charge in [-0.2, -0.15) is 0 Å². The highest BCUT2D eigenvalue weighted by molar-refractivity contribution is 7.98. The third kappa shape index (κ3) is 3.21. The lowest BCUT2D eigenvalue weighted by atomic mass is 10.0. The van der Waals surface area contributed by atoms with Gasteiger partial charge in [-0.3, -0.25) is 9.69 Å². The van der Waals surface area contributed by atoms with E-state index in [9.17, 15) is 4.79 Å². The van der Waals surface area contributed by atoms with Crippen LogP contribution in [0.1, 0.15) is 27.9 Å². The zero-order chi connectivity index (χ0) is 17.3. The van der Waals surface area contributed by atoms with Crippen LogP contribution in [-0.4, -0.2) is 34.8 Å². The van der Waals surface area contributed by atoms with Crippen LogP contribution in [0.15, 0.2) is 22.1 Å². The van der Waals surface area contributed by atoms with Crippen molar-refractivity contribution in [2.75, 3.05) is 19.9 Å². The minimum absolute atomic E-state index is 0.00307. The number of nitrogens with one attached hydrogen (secondary N) is 1. The van der Waals surface area contributed by atoms with Crippen molar-refractivity contribution in [3.63, 3.8) is 0 Å². The van der Waals surface area contributed by atoms with Gasteiger partial charge in [-0.15, -0.1) is 0 Å². The predicted molar refractivity (Wildman–Crippen MR) is 96.9 cm³/mol. The summed E-state index contributed by atoms with van der Waals surface area (Å²) in [6.45, 7) is 6.62. The summed E-state index contributed by atoms with van der Waals surface area (Å²) in [5.74, 6) is 0.922. The predicted octanol–water partition coefficient (Wildman–Crippen LogP) is 2.68. The molecule has 1 aliphatic heterocycles. The smallest absolute Gasteiger partial charge is 0.256 e. The number of methoxy groups -OCH3 is 1. The Balaban J connectivity index is 1.82. The van der Waals surface area contributed by atoms with Gasteiger partial charge in [-0.1, -0.05) is 17.8 Å². The summed E-state index contributed by atoms with van der Waals surface area (Å²) in [6.07, 6.45) is 2.75. The number of nitrogens with zero attached hydrogens (tertiary/aromatic N) is 2. The minimum atomic E-state index is -0.00307. The highest BCUT2D eigenvalue weighted by Crippen LogP contribution is 2.26. The molecule has 1 N–H and O–H groups in total. The molecule has 0 unspecified atom stereocenters. The van der Waals surface area contributed by atoms with Gasteiger partial charge in [0.25, 0.3) is 5.56 Å². The summed E-state index contributed by atoms with van der Waals surface area (Å²) in [4.78, 5) is 22.0. The van der Waals surface area contributed by atoms with Gasteiger partial charge >= 0.3 is 0 Å². The van der Waals surface area contributed by atoms with Gasteiger partial charge < -0.3 is 9.72 Å². The van der Waals surface area contributed by atoms with Crippen LogP contribution in [0.5, 0.6) is 5.75 Å². The van der Waals surface area contributed by atoms with E-state index < -0.39 is 0 Å². The molecule has 2 aromatic rings. The Hall–Kier alpha value is -1.79. The number of fused-ring (bicyclic) bond motifs is 1. The van der Waals surface area contributed by atoms with Crippen molar-refractivity contribution < 1.29 is 4.74 Å². The third-order valence-corrected chi connectivity index (χ3v) is 5.36. The van der Waals surface area contributed by atoms with Crippen LogP contribution in [0, 0.1) is 13.8 Å². The fraction of sp³-hybridized carbons (Fsp3) is 0.444.